The topological polar surface area (TPSA) is 29.5 Å². The summed E-state index contributed by atoms with van der Waals surface area (Å²) in [6.45, 7) is 2.37. The Morgan fingerprint density at radius 1 is 1.56 bits per heavy atom. The molecule has 1 saturated heterocycles. The predicted octanol–water partition coefficient (Wildman–Crippen LogP) is 2.47. The maximum Gasteiger partial charge on any atom is 0.253 e. The van der Waals surface area contributed by atoms with E-state index < -0.39 is 0 Å². The second-order valence-corrected chi connectivity index (χ2v) is 5.28. The zero-order chi connectivity index (χ0) is 13.0. The van der Waals surface area contributed by atoms with E-state index in [0.29, 0.717) is 5.92 Å². The van der Waals surface area contributed by atoms with Gasteiger partial charge < -0.3 is 9.64 Å². The van der Waals surface area contributed by atoms with E-state index in [2.05, 4.69) is 12.6 Å². The Balaban J connectivity index is 2.04. The van der Waals surface area contributed by atoms with Crippen molar-refractivity contribution in [3.8, 4) is 0 Å². The first-order chi connectivity index (χ1) is 8.70. The van der Waals surface area contributed by atoms with E-state index in [9.17, 15) is 4.79 Å². The smallest absolute Gasteiger partial charge is 0.253 e. The zero-order valence-electron chi connectivity index (χ0n) is 10.6. The minimum absolute atomic E-state index is 0.103. The molecule has 1 atom stereocenters. The van der Waals surface area contributed by atoms with E-state index in [-0.39, 0.29) is 5.91 Å². The van der Waals surface area contributed by atoms with E-state index in [4.69, 9.17) is 4.74 Å². The van der Waals surface area contributed by atoms with Gasteiger partial charge >= 0.3 is 0 Å². The van der Waals surface area contributed by atoms with Gasteiger partial charge in [-0.2, -0.15) is 0 Å². The normalized spacial score (nSPS) is 19.9. The van der Waals surface area contributed by atoms with Crippen LogP contribution in [0.5, 0.6) is 0 Å². The first-order valence-corrected chi connectivity index (χ1v) is 6.72. The highest BCUT2D eigenvalue weighted by Gasteiger charge is 2.24. The molecular formula is C14H19NO2S. The van der Waals surface area contributed by atoms with Crippen LogP contribution in [0.2, 0.25) is 0 Å². The van der Waals surface area contributed by atoms with Crippen LogP contribution < -0.4 is 0 Å². The molecule has 1 heterocycles. The Hall–Kier alpha value is -1.00. The molecule has 1 amide bonds. The first-order valence-electron chi connectivity index (χ1n) is 6.28. The lowest BCUT2D eigenvalue weighted by molar-refractivity contribution is 0.0570. The number of carbonyl (C=O) groups excluding carboxylic acids is 1. The number of piperidine rings is 1. The van der Waals surface area contributed by atoms with Crippen molar-refractivity contribution in [1.82, 2.24) is 4.90 Å². The molecule has 98 valence electrons. The number of hydrogen-bond acceptors (Lipinski definition) is 3. The Labute approximate surface area is 114 Å². The third-order valence-electron chi connectivity index (χ3n) is 3.30. The number of benzene rings is 1. The first kappa shape index (κ1) is 13.4. The van der Waals surface area contributed by atoms with Crippen molar-refractivity contribution < 1.29 is 9.53 Å². The van der Waals surface area contributed by atoms with Crippen molar-refractivity contribution in [1.29, 1.82) is 0 Å². The molecule has 0 aromatic heterocycles. The van der Waals surface area contributed by atoms with Gasteiger partial charge in [-0.25, -0.2) is 0 Å². The molecule has 1 aromatic rings. The van der Waals surface area contributed by atoms with E-state index in [1.807, 2.05) is 29.2 Å². The molecule has 0 aliphatic carbocycles. The third-order valence-corrected chi connectivity index (χ3v) is 3.58. The number of hydrogen-bond donors (Lipinski definition) is 1. The van der Waals surface area contributed by atoms with Gasteiger partial charge in [-0.3, -0.25) is 4.79 Å². The summed E-state index contributed by atoms with van der Waals surface area (Å²) in [5, 5.41) is 0. The van der Waals surface area contributed by atoms with E-state index in [1.54, 1.807) is 7.11 Å². The molecule has 1 aliphatic heterocycles. The fourth-order valence-corrected chi connectivity index (χ4v) is 2.67. The van der Waals surface area contributed by atoms with Gasteiger partial charge in [-0.15, -0.1) is 12.6 Å². The number of amides is 1. The van der Waals surface area contributed by atoms with Crippen molar-refractivity contribution in [2.45, 2.75) is 17.7 Å². The monoisotopic (exact) mass is 265 g/mol. The van der Waals surface area contributed by atoms with Crippen molar-refractivity contribution >= 4 is 18.5 Å². The summed E-state index contributed by atoms with van der Waals surface area (Å²) in [5.74, 6) is 0.568. The van der Waals surface area contributed by atoms with Crippen LogP contribution in [0.1, 0.15) is 23.2 Å². The zero-order valence-corrected chi connectivity index (χ0v) is 11.5. The lowest BCUT2D eigenvalue weighted by Gasteiger charge is -2.32. The summed E-state index contributed by atoms with van der Waals surface area (Å²) in [4.78, 5) is 15.1. The molecule has 1 unspecified atom stereocenters. The molecule has 0 bridgehead atoms. The summed E-state index contributed by atoms with van der Waals surface area (Å²) in [5.41, 5.74) is 0.723. The lowest BCUT2D eigenvalue weighted by atomic mass is 9.98. The fourth-order valence-electron chi connectivity index (χ4n) is 2.44. The average molecular weight is 265 g/mol. The molecule has 1 fully saturated rings. The molecule has 18 heavy (non-hydrogen) atoms. The summed E-state index contributed by atoms with van der Waals surface area (Å²) in [6.07, 6.45) is 2.20. The molecule has 2 rings (SSSR count). The number of thiol groups is 1. The van der Waals surface area contributed by atoms with Gasteiger partial charge in [0.25, 0.3) is 5.91 Å². The maximum atomic E-state index is 12.4. The number of methoxy groups -OCH3 is 1. The molecule has 0 spiro atoms. The SMILES string of the molecule is COCC1CCCN(C(=O)c2cccc(S)c2)C1. The number of carbonyl (C=O) groups is 1. The largest absolute Gasteiger partial charge is 0.384 e. The van der Waals surface area contributed by atoms with Crippen LogP contribution in [-0.4, -0.2) is 37.6 Å². The molecule has 3 nitrogen and oxygen atoms in total. The highest BCUT2D eigenvalue weighted by Crippen LogP contribution is 2.19. The molecule has 0 saturated carbocycles. The van der Waals surface area contributed by atoms with Gasteiger partial charge in [0.15, 0.2) is 0 Å². The van der Waals surface area contributed by atoms with Gasteiger partial charge in [0.1, 0.15) is 0 Å². The van der Waals surface area contributed by atoms with E-state index >= 15 is 0 Å². The van der Waals surface area contributed by atoms with Crippen LogP contribution in [0.25, 0.3) is 0 Å². The van der Waals surface area contributed by atoms with Crippen LogP contribution in [0.3, 0.4) is 0 Å². The van der Waals surface area contributed by atoms with Gasteiger partial charge in [0.05, 0.1) is 6.61 Å². The summed E-state index contributed by atoms with van der Waals surface area (Å²) in [6, 6.07) is 7.42. The Morgan fingerprint density at radius 2 is 2.39 bits per heavy atom. The van der Waals surface area contributed by atoms with Crippen molar-refractivity contribution in [3.63, 3.8) is 0 Å². The Bertz CT molecular complexity index is 420. The van der Waals surface area contributed by atoms with E-state index in [1.165, 1.54) is 0 Å². The third kappa shape index (κ3) is 3.27. The highest BCUT2D eigenvalue weighted by atomic mass is 32.1. The van der Waals surface area contributed by atoms with Crippen molar-refractivity contribution in [3.05, 3.63) is 29.8 Å². The van der Waals surface area contributed by atoms with Gasteiger partial charge in [0.2, 0.25) is 0 Å². The van der Waals surface area contributed by atoms with Crippen LogP contribution in [0.4, 0.5) is 0 Å². The van der Waals surface area contributed by atoms with Crippen LogP contribution >= 0.6 is 12.6 Å². The molecule has 1 aliphatic rings. The lowest BCUT2D eigenvalue weighted by Crippen LogP contribution is -2.41. The molecular weight excluding hydrogens is 246 g/mol. The number of rotatable bonds is 3. The van der Waals surface area contributed by atoms with Gasteiger partial charge in [-0.05, 0) is 37.0 Å². The fraction of sp³-hybridized carbons (Fsp3) is 0.500. The quantitative estimate of drug-likeness (QED) is 0.851. The Morgan fingerprint density at radius 3 is 3.11 bits per heavy atom. The highest BCUT2D eigenvalue weighted by molar-refractivity contribution is 7.80. The number of nitrogens with zero attached hydrogens (tertiary/aromatic N) is 1. The van der Waals surface area contributed by atoms with Crippen LogP contribution in [0, 0.1) is 5.92 Å². The molecule has 0 N–H and O–H groups in total. The predicted molar refractivity (Wildman–Crippen MR) is 74.2 cm³/mol. The summed E-state index contributed by atoms with van der Waals surface area (Å²) >= 11 is 4.27. The Kier molecular flexibility index (Phi) is 4.66. The van der Waals surface area contributed by atoms with Crippen molar-refractivity contribution in [2.24, 2.45) is 5.92 Å². The second kappa shape index (κ2) is 6.25. The number of likely N-dealkylation sites (tertiary alicyclic amines) is 1. The standard InChI is InChI=1S/C14H19NO2S/c1-17-10-11-4-3-7-15(9-11)14(16)12-5-2-6-13(18)8-12/h2,5-6,8,11,18H,3-4,7,9-10H2,1H3. The molecule has 1 aromatic carbocycles. The minimum Gasteiger partial charge on any atom is -0.384 e. The second-order valence-electron chi connectivity index (χ2n) is 4.77. The van der Waals surface area contributed by atoms with E-state index in [0.717, 1.165) is 43.0 Å². The summed E-state index contributed by atoms with van der Waals surface area (Å²) < 4.78 is 5.18. The van der Waals surface area contributed by atoms with Gasteiger partial charge in [-0.1, -0.05) is 6.07 Å². The van der Waals surface area contributed by atoms with Crippen molar-refractivity contribution in [2.75, 3.05) is 26.8 Å². The average Bonchev–Trinajstić information content (AvgIpc) is 2.39. The van der Waals surface area contributed by atoms with Crippen LogP contribution in [0.15, 0.2) is 29.2 Å². The minimum atomic E-state index is 0.103. The van der Waals surface area contributed by atoms with Gasteiger partial charge in [0, 0.05) is 30.7 Å². The van der Waals surface area contributed by atoms with Crippen LogP contribution in [-0.2, 0) is 4.74 Å². The number of ether oxygens (including phenoxy) is 1. The summed E-state index contributed by atoms with van der Waals surface area (Å²) in [7, 11) is 1.71. The maximum absolute atomic E-state index is 12.4. The molecule has 0 radical (unpaired) electrons. The molecule has 4 heteroatoms.